The van der Waals surface area contributed by atoms with Gasteiger partial charge in [0.15, 0.2) is 0 Å². The Bertz CT molecular complexity index is 785. The molecule has 7 nitrogen and oxygen atoms in total. The normalized spacial score (nSPS) is 12.8. The number of carbonyl (C=O) groups is 2. The Hall–Kier alpha value is -3.22. The molecule has 2 aromatic rings. The van der Waals surface area contributed by atoms with Gasteiger partial charge >= 0.3 is 11.9 Å². The lowest BCUT2D eigenvalue weighted by Crippen LogP contribution is -1.97. The Balaban J connectivity index is 1.91. The summed E-state index contributed by atoms with van der Waals surface area (Å²) < 4.78 is 4.49. The van der Waals surface area contributed by atoms with E-state index in [1.807, 2.05) is 0 Å². The van der Waals surface area contributed by atoms with Gasteiger partial charge in [0.2, 0.25) is 0 Å². The number of ether oxygens (including phenoxy) is 1. The Morgan fingerprint density at radius 1 is 0.952 bits per heavy atom. The van der Waals surface area contributed by atoms with Crippen molar-refractivity contribution in [3.05, 3.63) is 63.7 Å². The van der Waals surface area contributed by atoms with Crippen LogP contribution in [0.1, 0.15) is 20.7 Å². The maximum Gasteiger partial charge on any atom is 0.346 e. The highest BCUT2D eigenvalue weighted by Crippen LogP contribution is 2.26. The fourth-order valence-electron chi connectivity index (χ4n) is 2.03. The number of cyclic esters (lactones) is 2. The average Bonchev–Trinajstić information content (AvgIpc) is 2.74. The molecule has 0 amide bonds. The van der Waals surface area contributed by atoms with Crippen LogP contribution in [-0.2, 0) is 4.74 Å². The molecule has 21 heavy (non-hydrogen) atoms. The van der Waals surface area contributed by atoms with E-state index >= 15 is 0 Å². The molecule has 1 aliphatic heterocycles. The molecule has 104 valence electrons. The van der Waals surface area contributed by atoms with Crippen molar-refractivity contribution in [3.63, 3.8) is 0 Å². The molecule has 7 heteroatoms. The van der Waals surface area contributed by atoms with Gasteiger partial charge in [-0.2, -0.15) is 0 Å². The highest BCUT2D eigenvalue weighted by molar-refractivity contribution is 6.15. The van der Waals surface area contributed by atoms with Crippen molar-refractivity contribution in [2.24, 2.45) is 0 Å². The van der Waals surface area contributed by atoms with Crippen molar-refractivity contribution in [3.8, 4) is 0 Å². The number of nitrogens with zero attached hydrogens (tertiary/aromatic N) is 1. The summed E-state index contributed by atoms with van der Waals surface area (Å²) in [4.78, 5) is 33.0. The predicted molar refractivity (Wildman–Crippen MR) is 72.6 cm³/mol. The molecule has 2 aromatic carbocycles. The van der Waals surface area contributed by atoms with Gasteiger partial charge in [-0.1, -0.05) is 6.07 Å². The van der Waals surface area contributed by atoms with E-state index in [-0.39, 0.29) is 16.8 Å². The number of nitrogens with one attached hydrogen (secondary N) is 1. The first kappa shape index (κ1) is 12.8. The summed E-state index contributed by atoms with van der Waals surface area (Å²) in [5, 5.41) is 13.7. The summed E-state index contributed by atoms with van der Waals surface area (Å²) >= 11 is 0. The van der Waals surface area contributed by atoms with Crippen LogP contribution in [0, 0.1) is 10.1 Å². The van der Waals surface area contributed by atoms with E-state index in [1.165, 1.54) is 24.3 Å². The van der Waals surface area contributed by atoms with Gasteiger partial charge in [0.1, 0.15) is 0 Å². The Morgan fingerprint density at radius 3 is 2.43 bits per heavy atom. The van der Waals surface area contributed by atoms with Gasteiger partial charge < -0.3 is 10.1 Å². The maximum atomic E-state index is 11.5. The highest BCUT2D eigenvalue weighted by Gasteiger charge is 2.29. The molecule has 0 saturated heterocycles. The van der Waals surface area contributed by atoms with Crippen molar-refractivity contribution in [2.75, 3.05) is 5.32 Å². The number of benzene rings is 2. The second-order valence-corrected chi connectivity index (χ2v) is 4.37. The molecule has 1 N–H and O–H groups in total. The summed E-state index contributed by atoms with van der Waals surface area (Å²) in [5.41, 5.74) is 1.37. The van der Waals surface area contributed by atoms with Crippen molar-refractivity contribution in [2.45, 2.75) is 0 Å². The smallest absolute Gasteiger partial charge is 0.346 e. The van der Waals surface area contributed by atoms with Gasteiger partial charge in [0, 0.05) is 23.5 Å². The minimum atomic E-state index is -0.697. The number of rotatable bonds is 3. The van der Waals surface area contributed by atoms with E-state index in [4.69, 9.17) is 0 Å². The molecule has 0 aliphatic carbocycles. The van der Waals surface area contributed by atoms with Crippen LogP contribution in [0.4, 0.5) is 17.1 Å². The van der Waals surface area contributed by atoms with Gasteiger partial charge in [-0.3, -0.25) is 10.1 Å². The van der Waals surface area contributed by atoms with E-state index < -0.39 is 16.9 Å². The molecule has 0 atom stereocenters. The molecule has 0 radical (unpaired) electrons. The Kier molecular flexibility index (Phi) is 2.87. The molecule has 0 spiro atoms. The van der Waals surface area contributed by atoms with Crippen molar-refractivity contribution < 1.29 is 19.2 Å². The molecule has 1 heterocycles. The summed E-state index contributed by atoms with van der Waals surface area (Å²) in [6.45, 7) is 0. The number of hydrogen-bond acceptors (Lipinski definition) is 6. The zero-order valence-corrected chi connectivity index (χ0v) is 10.5. The lowest BCUT2D eigenvalue weighted by Gasteiger charge is -2.06. The number of nitro groups is 1. The fraction of sp³-hybridized carbons (Fsp3) is 0. The minimum Gasteiger partial charge on any atom is -0.386 e. The summed E-state index contributed by atoms with van der Waals surface area (Å²) in [7, 11) is 0. The number of carbonyl (C=O) groups excluding carboxylic acids is 2. The molecule has 3 rings (SSSR count). The largest absolute Gasteiger partial charge is 0.386 e. The summed E-state index contributed by atoms with van der Waals surface area (Å²) in [6.07, 6.45) is 0. The van der Waals surface area contributed by atoms with Gasteiger partial charge in [0.25, 0.3) is 5.69 Å². The number of anilines is 2. The topological polar surface area (TPSA) is 98.5 Å². The van der Waals surface area contributed by atoms with Crippen molar-refractivity contribution >= 4 is 29.0 Å². The molecular weight excluding hydrogens is 276 g/mol. The lowest BCUT2D eigenvalue weighted by molar-refractivity contribution is -0.384. The van der Waals surface area contributed by atoms with Crippen molar-refractivity contribution in [1.29, 1.82) is 0 Å². The Morgan fingerprint density at radius 2 is 1.67 bits per heavy atom. The van der Waals surface area contributed by atoms with Crippen molar-refractivity contribution in [1.82, 2.24) is 0 Å². The predicted octanol–water partition coefficient (Wildman–Crippen LogP) is 2.65. The quantitative estimate of drug-likeness (QED) is 0.402. The third-order valence-electron chi connectivity index (χ3n) is 2.99. The van der Waals surface area contributed by atoms with Gasteiger partial charge in [-0.05, 0) is 24.3 Å². The van der Waals surface area contributed by atoms with E-state index in [0.29, 0.717) is 11.4 Å². The molecular formula is C14H8N2O5. The minimum absolute atomic E-state index is 0.0456. The van der Waals surface area contributed by atoms with Gasteiger partial charge in [-0.15, -0.1) is 0 Å². The fourth-order valence-corrected chi connectivity index (χ4v) is 2.03. The van der Waals surface area contributed by atoms with Crippen LogP contribution in [0.5, 0.6) is 0 Å². The van der Waals surface area contributed by atoms with E-state index in [0.717, 1.165) is 0 Å². The van der Waals surface area contributed by atoms with Crippen LogP contribution in [0.3, 0.4) is 0 Å². The van der Waals surface area contributed by atoms with Gasteiger partial charge in [-0.25, -0.2) is 9.59 Å². The zero-order chi connectivity index (χ0) is 15.0. The molecule has 1 aliphatic rings. The summed E-state index contributed by atoms with van der Waals surface area (Å²) in [6, 6.07) is 10.5. The number of non-ortho nitro benzene ring substituents is 1. The van der Waals surface area contributed by atoms with Crippen LogP contribution in [0.25, 0.3) is 0 Å². The first-order chi connectivity index (χ1) is 10.0. The molecule has 0 bridgehead atoms. The Labute approximate surface area is 118 Å². The summed E-state index contributed by atoms with van der Waals surface area (Å²) in [5.74, 6) is -1.37. The molecule has 0 unspecified atom stereocenters. The monoisotopic (exact) mass is 284 g/mol. The van der Waals surface area contributed by atoms with Gasteiger partial charge in [0.05, 0.1) is 16.1 Å². The molecule has 0 aromatic heterocycles. The van der Waals surface area contributed by atoms with Crippen LogP contribution in [0.2, 0.25) is 0 Å². The second kappa shape index (κ2) is 4.71. The van der Waals surface area contributed by atoms with Crippen LogP contribution >= 0.6 is 0 Å². The van der Waals surface area contributed by atoms with Crippen LogP contribution < -0.4 is 5.32 Å². The number of esters is 2. The molecule has 0 fully saturated rings. The zero-order valence-electron chi connectivity index (χ0n) is 10.5. The highest BCUT2D eigenvalue weighted by atomic mass is 16.6. The molecule has 0 saturated carbocycles. The number of hydrogen-bond donors (Lipinski definition) is 1. The van der Waals surface area contributed by atoms with Crippen LogP contribution in [-0.4, -0.2) is 16.9 Å². The number of nitro benzene ring substituents is 1. The van der Waals surface area contributed by atoms with E-state index in [9.17, 15) is 19.7 Å². The van der Waals surface area contributed by atoms with E-state index in [1.54, 1.807) is 18.2 Å². The lowest BCUT2D eigenvalue weighted by atomic mass is 10.1. The SMILES string of the molecule is O=C1OC(=O)c2cc(Nc3cccc([N+](=O)[O-])c3)ccc21. The third-order valence-corrected chi connectivity index (χ3v) is 2.99. The first-order valence-electron chi connectivity index (χ1n) is 5.96. The van der Waals surface area contributed by atoms with E-state index in [2.05, 4.69) is 10.1 Å². The maximum absolute atomic E-state index is 11.5. The second-order valence-electron chi connectivity index (χ2n) is 4.37. The number of fused-ring (bicyclic) bond motifs is 1. The standard InChI is InChI=1S/C14H8N2O5/c17-13-11-5-4-9(7-12(11)14(18)21-13)15-8-2-1-3-10(6-8)16(19)20/h1-7,15H. The first-order valence-corrected chi connectivity index (χ1v) is 5.96. The average molecular weight is 284 g/mol. The van der Waals surface area contributed by atoms with Crippen LogP contribution in [0.15, 0.2) is 42.5 Å². The third kappa shape index (κ3) is 2.32.